The SMILES string of the molecule is CCCC(F)OC(=O)Nc1ccc(CCCC(=O)O)cc1. The number of benzene rings is 1. The van der Waals surface area contributed by atoms with E-state index >= 15 is 0 Å². The number of carboxylic acids is 1. The number of carbonyl (C=O) groups is 2. The number of ether oxygens (including phenoxy) is 1. The number of carbonyl (C=O) groups excluding carboxylic acids is 1. The van der Waals surface area contributed by atoms with Gasteiger partial charge in [-0.3, -0.25) is 10.1 Å². The maximum atomic E-state index is 13.1. The lowest BCUT2D eigenvalue weighted by Crippen LogP contribution is -2.19. The molecular weight excluding hydrogens is 277 g/mol. The summed E-state index contributed by atoms with van der Waals surface area (Å²) in [7, 11) is 0. The number of amides is 1. The molecule has 0 spiro atoms. The van der Waals surface area contributed by atoms with E-state index in [2.05, 4.69) is 10.1 Å². The quantitative estimate of drug-likeness (QED) is 0.766. The summed E-state index contributed by atoms with van der Waals surface area (Å²) in [6, 6.07) is 6.92. The van der Waals surface area contributed by atoms with Gasteiger partial charge in [-0.1, -0.05) is 19.1 Å². The van der Waals surface area contributed by atoms with Crippen LogP contribution in [0.5, 0.6) is 0 Å². The number of nitrogens with one attached hydrogen (secondary N) is 1. The first kappa shape index (κ1) is 16.9. The molecule has 2 N–H and O–H groups in total. The molecule has 0 saturated heterocycles. The van der Waals surface area contributed by atoms with Gasteiger partial charge in [0.1, 0.15) is 0 Å². The summed E-state index contributed by atoms with van der Waals surface area (Å²) < 4.78 is 17.6. The Kier molecular flexibility index (Phi) is 7.21. The molecule has 116 valence electrons. The van der Waals surface area contributed by atoms with E-state index in [1.807, 2.05) is 0 Å². The molecule has 1 amide bonds. The van der Waals surface area contributed by atoms with Gasteiger partial charge >= 0.3 is 12.1 Å². The molecule has 1 aromatic rings. The van der Waals surface area contributed by atoms with Crippen molar-refractivity contribution in [1.29, 1.82) is 0 Å². The molecule has 6 heteroatoms. The number of hydrogen-bond donors (Lipinski definition) is 2. The number of rotatable bonds is 8. The second kappa shape index (κ2) is 8.94. The van der Waals surface area contributed by atoms with Gasteiger partial charge in [0.25, 0.3) is 0 Å². The fourth-order valence-corrected chi connectivity index (χ4v) is 1.75. The van der Waals surface area contributed by atoms with Crippen molar-refractivity contribution >= 4 is 17.7 Å². The zero-order chi connectivity index (χ0) is 15.7. The van der Waals surface area contributed by atoms with Crippen LogP contribution in [0.4, 0.5) is 14.9 Å². The molecule has 0 aliphatic heterocycles. The largest absolute Gasteiger partial charge is 0.481 e. The zero-order valence-corrected chi connectivity index (χ0v) is 12.0. The Morgan fingerprint density at radius 3 is 2.57 bits per heavy atom. The molecule has 0 aliphatic carbocycles. The first-order valence-corrected chi connectivity index (χ1v) is 6.93. The van der Waals surface area contributed by atoms with E-state index < -0.39 is 18.4 Å². The maximum absolute atomic E-state index is 13.1. The van der Waals surface area contributed by atoms with Crippen molar-refractivity contribution in [3.63, 3.8) is 0 Å². The molecule has 0 fully saturated rings. The Hall–Kier alpha value is -2.11. The second-order valence-corrected chi connectivity index (χ2v) is 4.67. The summed E-state index contributed by atoms with van der Waals surface area (Å²) in [5.41, 5.74) is 1.48. The van der Waals surface area contributed by atoms with Gasteiger partial charge in [0.2, 0.25) is 6.36 Å². The summed E-state index contributed by atoms with van der Waals surface area (Å²) in [5.74, 6) is -0.816. The van der Waals surface area contributed by atoms with Crippen molar-refractivity contribution in [1.82, 2.24) is 0 Å². The van der Waals surface area contributed by atoms with Gasteiger partial charge in [-0.2, -0.15) is 0 Å². The van der Waals surface area contributed by atoms with E-state index in [0.29, 0.717) is 24.9 Å². The molecule has 0 radical (unpaired) electrons. The van der Waals surface area contributed by atoms with Crippen LogP contribution in [-0.4, -0.2) is 23.5 Å². The zero-order valence-electron chi connectivity index (χ0n) is 12.0. The van der Waals surface area contributed by atoms with Gasteiger partial charge in [0, 0.05) is 18.5 Å². The minimum absolute atomic E-state index is 0.127. The Bertz CT molecular complexity index is 461. The molecule has 1 rings (SSSR count). The van der Waals surface area contributed by atoms with Crippen molar-refractivity contribution in [3.05, 3.63) is 29.8 Å². The van der Waals surface area contributed by atoms with Gasteiger partial charge in [0.05, 0.1) is 0 Å². The molecule has 1 atom stereocenters. The first-order valence-electron chi connectivity index (χ1n) is 6.93. The number of aliphatic carboxylic acids is 1. The topological polar surface area (TPSA) is 75.6 Å². The predicted octanol–water partition coefficient (Wildman–Crippen LogP) is 3.74. The molecule has 21 heavy (non-hydrogen) atoms. The molecule has 0 saturated carbocycles. The highest BCUT2D eigenvalue weighted by atomic mass is 19.1. The molecule has 0 aliphatic rings. The average molecular weight is 297 g/mol. The number of carboxylic acid groups (broad SMARTS) is 1. The third-order valence-corrected chi connectivity index (χ3v) is 2.81. The Labute approximate surface area is 123 Å². The summed E-state index contributed by atoms with van der Waals surface area (Å²) in [5, 5.41) is 11.0. The minimum atomic E-state index is -1.59. The molecule has 1 unspecified atom stereocenters. The van der Waals surface area contributed by atoms with Crippen molar-refractivity contribution < 1.29 is 23.8 Å². The van der Waals surface area contributed by atoms with Gasteiger partial charge in [0.15, 0.2) is 0 Å². The third kappa shape index (κ3) is 7.29. The predicted molar refractivity (Wildman–Crippen MR) is 76.9 cm³/mol. The summed E-state index contributed by atoms with van der Waals surface area (Å²) in [6.45, 7) is 1.80. The number of alkyl halides is 1. The van der Waals surface area contributed by atoms with Gasteiger partial charge in [-0.15, -0.1) is 0 Å². The monoisotopic (exact) mass is 297 g/mol. The molecule has 0 aromatic heterocycles. The second-order valence-electron chi connectivity index (χ2n) is 4.67. The smallest absolute Gasteiger partial charge is 0.414 e. The van der Waals surface area contributed by atoms with Crippen LogP contribution in [0.3, 0.4) is 0 Å². The highest BCUT2D eigenvalue weighted by molar-refractivity contribution is 5.84. The molecule has 1 aromatic carbocycles. The number of anilines is 1. The molecule has 5 nitrogen and oxygen atoms in total. The van der Waals surface area contributed by atoms with Crippen LogP contribution in [0.1, 0.15) is 38.2 Å². The van der Waals surface area contributed by atoms with Crippen molar-refractivity contribution in [3.8, 4) is 0 Å². The first-order chi connectivity index (χ1) is 10.0. The van der Waals surface area contributed by atoms with Crippen molar-refractivity contribution in [2.45, 2.75) is 45.4 Å². The number of halogens is 1. The third-order valence-electron chi connectivity index (χ3n) is 2.81. The normalized spacial score (nSPS) is 11.7. The lowest BCUT2D eigenvalue weighted by molar-refractivity contribution is -0.137. The summed E-state index contributed by atoms with van der Waals surface area (Å²) in [4.78, 5) is 21.8. The summed E-state index contributed by atoms with van der Waals surface area (Å²) in [6.07, 6.45) is -0.304. The van der Waals surface area contributed by atoms with E-state index in [-0.39, 0.29) is 12.8 Å². The van der Waals surface area contributed by atoms with Gasteiger partial charge in [-0.05, 0) is 37.0 Å². The molecule has 0 bridgehead atoms. The maximum Gasteiger partial charge on any atom is 0.414 e. The summed E-state index contributed by atoms with van der Waals surface area (Å²) >= 11 is 0. The lowest BCUT2D eigenvalue weighted by atomic mass is 10.1. The minimum Gasteiger partial charge on any atom is -0.481 e. The highest BCUT2D eigenvalue weighted by Crippen LogP contribution is 2.13. The molecule has 0 heterocycles. The van der Waals surface area contributed by atoms with Crippen LogP contribution >= 0.6 is 0 Å². The van der Waals surface area contributed by atoms with Crippen LogP contribution in [-0.2, 0) is 16.0 Å². The Morgan fingerprint density at radius 2 is 2.00 bits per heavy atom. The Morgan fingerprint density at radius 1 is 1.33 bits per heavy atom. The fraction of sp³-hybridized carbons (Fsp3) is 0.467. The van der Waals surface area contributed by atoms with Crippen molar-refractivity contribution in [2.75, 3.05) is 5.32 Å². The van der Waals surface area contributed by atoms with Crippen LogP contribution in [0.25, 0.3) is 0 Å². The number of aryl methyl sites for hydroxylation is 1. The van der Waals surface area contributed by atoms with Crippen LogP contribution in [0.2, 0.25) is 0 Å². The van der Waals surface area contributed by atoms with Crippen molar-refractivity contribution in [2.24, 2.45) is 0 Å². The lowest BCUT2D eigenvalue weighted by Gasteiger charge is -2.10. The highest BCUT2D eigenvalue weighted by Gasteiger charge is 2.11. The standard InChI is InChI=1S/C15H20FNO4/c1-2-4-13(16)21-15(20)17-12-9-7-11(8-10-12)5-3-6-14(18)19/h7-10,13H,2-6H2,1H3,(H,17,20)(H,18,19). The van der Waals surface area contributed by atoms with E-state index in [0.717, 1.165) is 5.56 Å². The van der Waals surface area contributed by atoms with Gasteiger partial charge in [-0.25, -0.2) is 9.18 Å². The average Bonchev–Trinajstić information content (AvgIpc) is 2.40. The van der Waals surface area contributed by atoms with Crippen LogP contribution in [0, 0.1) is 0 Å². The van der Waals surface area contributed by atoms with E-state index in [4.69, 9.17) is 5.11 Å². The molecular formula is C15H20FNO4. The van der Waals surface area contributed by atoms with E-state index in [1.165, 1.54) is 0 Å². The fourth-order valence-electron chi connectivity index (χ4n) is 1.75. The van der Waals surface area contributed by atoms with Crippen LogP contribution < -0.4 is 5.32 Å². The number of hydrogen-bond acceptors (Lipinski definition) is 3. The van der Waals surface area contributed by atoms with Crippen LogP contribution in [0.15, 0.2) is 24.3 Å². The Balaban J connectivity index is 2.39. The van der Waals surface area contributed by atoms with E-state index in [9.17, 15) is 14.0 Å². The van der Waals surface area contributed by atoms with E-state index in [1.54, 1.807) is 31.2 Å². The van der Waals surface area contributed by atoms with Gasteiger partial charge < -0.3 is 9.84 Å².